The molecule has 3 heteroatoms. The number of hydrogen-bond donors (Lipinski definition) is 1. The topological polar surface area (TPSA) is 29.1 Å². The molecule has 0 saturated carbocycles. The molecule has 21 heavy (non-hydrogen) atoms. The highest BCUT2D eigenvalue weighted by atomic mass is 32.1. The van der Waals surface area contributed by atoms with Gasteiger partial charge in [-0.05, 0) is 69.4 Å². The molecule has 1 aromatic rings. The van der Waals surface area contributed by atoms with Crippen LogP contribution in [-0.2, 0) is 0 Å². The molecule has 114 valence electrons. The minimum Gasteiger partial charge on any atom is -0.351 e. The van der Waals surface area contributed by atoms with Gasteiger partial charge in [0.2, 0.25) is 0 Å². The van der Waals surface area contributed by atoms with Crippen LogP contribution < -0.4 is 5.32 Å². The molecule has 0 aliphatic heterocycles. The first kappa shape index (κ1) is 14.8. The zero-order chi connectivity index (χ0) is 14.8. The van der Waals surface area contributed by atoms with E-state index in [2.05, 4.69) is 12.2 Å². The second kappa shape index (κ2) is 6.35. The van der Waals surface area contributed by atoms with E-state index in [1.807, 2.05) is 19.1 Å². The maximum absolute atomic E-state index is 12.0. The van der Waals surface area contributed by atoms with Gasteiger partial charge in [0, 0.05) is 11.4 Å². The third-order valence-corrected chi connectivity index (χ3v) is 5.71. The molecule has 1 aromatic heterocycles. The molecular weight excluding hydrogens is 278 g/mol. The third-order valence-electron chi connectivity index (χ3n) is 4.71. The maximum atomic E-state index is 12.0. The monoisotopic (exact) mass is 303 g/mol. The molecule has 0 saturated heterocycles. The van der Waals surface area contributed by atoms with Crippen LogP contribution in [0.1, 0.15) is 60.0 Å². The average Bonchev–Trinajstić information content (AvgIpc) is 3.02. The lowest BCUT2D eigenvalue weighted by molar-refractivity contribution is 0.0956. The van der Waals surface area contributed by atoms with Crippen molar-refractivity contribution in [3.63, 3.8) is 0 Å². The van der Waals surface area contributed by atoms with E-state index in [0.717, 1.165) is 29.7 Å². The molecule has 0 bridgehead atoms. The minimum absolute atomic E-state index is 0.0921. The molecule has 2 aliphatic carbocycles. The van der Waals surface area contributed by atoms with Gasteiger partial charge in [0.25, 0.3) is 5.91 Å². The Bertz CT molecular complexity index is 557. The zero-order valence-corrected chi connectivity index (χ0v) is 13.9. The van der Waals surface area contributed by atoms with Gasteiger partial charge in [-0.1, -0.05) is 18.1 Å². The molecule has 1 N–H and O–H groups in total. The fourth-order valence-corrected chi connectivity index (χ4v) is 4.39. The highest BCUT2D eigenvalue weighted by Crippen LogP contribution is 2.46. The summed E-state index contributed by atoms with van der Waals surface area (Å²) >= 11 is 1.57. The summed E-state index contributed by atoms with van der Waals surface area (Å²) in [6, 6.07) is 3.93. The number of amides is 1. The predicted octanol–water partition coefficient (Wildman–Crippen LogP) is 4.70. The average molecular weight is 303 g/mol. The van der Waals surface area contributed by atoms with Crippen LogP contribution in [0.3, 0.4) is 0 Å². The largest absolute Gasteiger partial charge is 0.351 e. The second-order valence-electron chi connectivity index (χ2n) is 6.81. The fourth-order valence-electron chi connectivity index (χ4n) is 3.61. The Kier molecular flexibility index (Phi) is 4.48. The summed E-state index contributed by atoms with van der Waals surface area (Å²) in [4.78, 5) is 14.0. The Morgan fingerprint density at radius 2 is 2.14 bits per heavy atom. The molecule has 2 nitrogen and oxygen atoms in total. The Morgan fingerprint density at radius 3 is 2.90 bits per heavy atom. The molecule has 2 atom stereocenters. The van der Waals surface area contributed by atoms with Crippen molar-refractivity contribution in [1.29, 1.82) is 0 Å². The number of thiophene rings is 1. The van der Waals surface area contributed by atoms with Gasteiger partial charge in [-0.3, -0.25) is 4.79 Å². The van der Waals surface area contributed by atoms with Gasteiger partial charge >= 0.3 is 0 Å². The predicted molar refractivity (Wildman–Crippen MR) is 88.8 cm³/mol. The van der Waals surface area contributed by atoms with Gasteiger partial charge in [-0.25, -0.2) is 0 Å². The number of carbonyl (C=O) groups is 1. The summed E-state index contributed by atoms with van der Waals surface area (Å²) in [7, 11) is 0. The van der Waals surface area contributed by atoms with Crippen LogP contribution in [0.2, 0.25) is 0 Å². The zero-order valence-electron chi connectivity index (χ0n) is 13.1. The van der Waals surface area contributed by atoms with Crippen LogP contribution >= 0.6 is 11.3 Å². The van der Waals surface area contributed by atoms with E-state index in [9.17, 15) is 4.79 Å². The van der Waals surface area contributed by atoms with Crippen LogP contribution in [-0.4, -0.2) is 12.5 Å². The third kappa shape index (κ3) is 3.97. The number of rotatable bonds is 5. The van der Waals surface area contributed by atoms with Crippen molar-refractivity contribution in [3.05, 3.63) is 33.0 Å². The van der Waals surface area contributed by atoms with Crippen LogP contribution in [0.5, 0.6) is 0 Å². The standard InChI is InChI=1S/C18H25NOS/c1-12-8-14(10-16-11-15(16)9-12)4-3-7-19-18(20)17-6-5-13(2)21-17/h5-6,12,14H,3-4,7-11H2,1-2H3,(H,19,20). The number of aryl methyl sites for hydroxylation is 1. The van der Waals surface area contributed by atoms with E-state index in [-0.39, 0.29) is 5.91 Å². The van der Waals surface area contributed by atoms with E-state index >= 15 is 0 Å². The quantitative estimate of drug-likeness (QED) is 0.620. The van der Waals surface area contributed by atoms with Crippen molar-refractivity contribution in [1.82, 2.24) is 5.32 Å². The van der Waals surface area contributed by atoms with Crippen LogP contribution in [0.25, 0.3) is 0 Å². The lowest BCUT2D eigenvalue weighted by Gasteiger charge is -2.18. The molecule has 2 unspecified atom stereocenters. The van der Waals surface area contributed by atoms with Crippen molar-refractivity contribution in [2.45, 2.75) is 52.4 Å². The first-order chi connectivity index (χ1) is 10.1. The lowest BCUT2D eigenvalue weighted by atomic mass is 9.88. The van der Waals surface area contributed by atoms with Gasteiger partial charge in [-0.15, -0.1) is 11.3 Å². The van der Waals surface area contributed by atoms with E-state index in [1.54, 1.807) is 22.5 Å². The number of allylic oxidation sites excluding steroid dienone is 2. The Labute approximate surface area is 131 Å². The second-order valence-corrected chi connectivity index (χ2v) is 8.10. The van der Waals surface area contributed by atoms with Crippen molar-refractivity contribution >= 4 is 17.2 Å². The van der Waals surface area contributed by atoms with E-state index in [1.165, 1.54) is 37.0 Å². The SMILES string of the molecule is Cc1ccc(C(=O)NCCCC2CC3=C(C3)CC(C)C2)s1. The first-order valence-corrected chi connectivity index (χ1v) is 8.98. The van der Waals surface area contributed by atoms with Crippen molar-refractivity contribution in [2.75, 3.05) is 6.54 Å². The van der Waals surface area contributed by atoms with Gasteiger partial charge in [-0.2, -0.15) is 0 Å². The molecule has 0 aromatic carbocycles. The Morgan fingerprint density at radius 1 is 1.33 bits per heavy atom. The molecule has 0 spiro atoms. The molecule has 2 aliphatic rings. The normalized spacial score (nSPS) is 24.5. The maximum Gasteiger partial charge on any atom is 0.261 e. The summed E-state index contributed by atoms with van der Waals surface area (Å²) in [6.07, 6.45) is 7.74. The number of carbonyl (C=O) groups excluding carboxylic acids is 1. The Balaban J connectivity index is 1.38. The molecule has 1 heterocycles. The van der Waals surface area contributed by atoms with Gasteiger partial charge in [0.1, 0.15) is 0 Å². The number of nitrogens with one attached hydrogen (secondary N) is 1. The van der Waals surface area contributed by atoms with Crippen LogP contribution in [0, 0.1) is 18.8 Å². The minimum atomic E-state index is 0.0921. The van der Waals surface area contributed by atoms with Crippen LogP contribution in [0.4, 0.5) is 0 Å². The molecule has 3 rings (SSSR count). The molecule has 0 fully saturated rings. The summed E-state index contributed by atoms with van der Waals surface area (Å²) in [6.45, 7) is 5.24. The molecule has 0 radical (unpaired) electrons. The Hall–Kier alpha value is -1.09. The van der Waals surface area contributed by atoms with Crippen LogP contribution in [0.15, 0.2) is 23.3 Å². The lowest BCUT2D eigenvalue weighted by Crippen LogP contribution is -2.24. The number of hydrogen-bond acceptors (Lipinski definition) is 2. The highest BCUT2D eigenvalue weighted by molar-refractivity contribution is 7.13. The molecule has 1 amide bonds. The fraction of sp³-hybridized carbons (Fsp3) is 0.611. The summed E-state index contributed by atoms with van der Waals surface area (Å²) in [5, 5.41) is 3.06. The first-order valence-electron chi connectivity index (χ1n) is 8.16. The summed E-state index contributed by atoms with van der Waals surface area (Å²) in [5.41, 5.74) is 3.51. The van der Waals surface area contributed by atoms with Crippen molar-refractivity contribution in [3.8, 4) is 0 Å². The van der Waals surface area contributed by atoms with E-state index in [0.29, 0.717) is 0 Å². The summed E-state index contributed by atoms with van der Waals surface area (Å²) in [5.74, 6) is 1.79. The van der Waals surface area contributed by atoms with Crippen molar-refractivity contribution in [2.24, 2.45) is 11.8 Å². The summed E-state index contributed by atoms with van der Waals surface area (Å²) < 4.78 is 0. The molecular formula is C18H25NOS. The van der Waals surface area contributed by atoms with Crippen molar-refractivity contribution < 1.29 is 4.79 Å². The van der Waals surface area contributed by atoms with Gasteiger partial charge in [0.05, 0.1) is 4.88 Å². The van der Waals surface area contributed by atoms with Gasteiger partial charge in [0.15, 0.2) is 0 Å². The highest BCUT2D eigenvalue weighted by Gasteiger charge is 2.30. The smallest absolute Gasteiger partial charge is 0.261 e. The van der Waals surface area contributed by atoms with E-state index < -0.39 is 0 Å². The van der Waals surface area contributed by atoms with E-state index in [4.69, 9.17) is 0 Å². The van der Waals surface area contributed by atoms with Gasteiger partial charge < -0.3 is 5.32 Å².